The molecule has 0 N–H and O–H groups in total. The van der Waals surface area contributed by atoms with Gasteiger partial charge >= 0.3 is 0 Å². The first kappa shape index (κ1) is 83.4. The first-order valence-electron chi connectivity index (χ1n) is 49.3. The zero-order chi connectivity index (χ0) is 94.8. The van der Waals surface area contributed by atoms with E-state index in [9.17, 15) is 0 Å². The molecule has 0 aliphatic rings. The molecule has 0 aliphatic heterocycles. The van der Waals surface area contributed by atoms with Crippen LogP contribution in [-0.2, 0) is 0 Å². The van der Waals surface area contributed by atoms with Crippen molar-refractivity contribution in [2.45, 2.75) is 0 Å². The monoisotopic (exact) mass is 1850 g/mol. The summed E-state index contributed by atoms with van der Waals surface area (Å²) in [6.07, 6.45) is 2.00. The van der Waals surface area contributed by atoms with Crippen LogP contribution in [0.4, 0.5) is 0 Å². The highest BCUT2D eigenvalue weighted by Crippen LogP contribution is 2.48. The number of fused-ring (bicyclic) bond motifs is 23. The fourth-order valence-electron chi connectivity index (χ4n) is 23.0. The molecule has 6 nitrogen and oxygen atoms in total. The lowest BCUT2D eigenvalue weighted by molar-refractivity contribution is 0.561. The fraction of sp³-hybridized carbons (Fsp3) is 0. The van der Waals surface area contributed by atoms with Gasteiger partial charge in [0.25, 0.3) is 0 Å². The Hall–Kier alpha value is -18.8. The molecular formula is C137H87N5OS. The van der Waals surface area contributed by atoms with Gasteiger partial charge in [0, 0.05) is 76.1 Å². The third-order valence-electron chi connectivity index (χ3n) is 29.4. The minimum atomic E-state index is 0.828. The number of rotatable bonds is 9. The van der Waals surface area contributed by atoms with E-state index in [2.05, 4.69) is 540 Å². The van der Waals surface area contributed by atoms with Crippen molar-refractivity contribution < 1.29 is 4.42 Å². The van der Waals surface area contributed by atoms with Gasteiger partial charge in [-0.15, -0.1) is 11.3 Å². The average molecular weight is 1850 g/mol. The SMILES string of the molecule is c1ccc2c(-c3ccc(-c4ccc5c(c4)c4ccccc4n5-c4cc5ccccc5c5ccccc45)cc3)c3ccccc3cc2c1.c1ccc2c(-c3ccc(-n4c5ccccc5c5ccccc54)cn3)c3ccccc3cc2c1.c1ccc2c(-c3ccc(-n4c5ccccc5c5ccccc54)o3)c3ccccc3cc2c1.c1ccc2c(-c3ccc(-n4c5ccccc5c5ccccc54)s3)c3ccccc3cc2c1. The number of pyridine rings is 1. The molecule has 0 amide bonds. The van der Waals surface area contributed by atoms with Crippen molar-refractivity contribution in [2.24, 2.45) is 0 Å². The van der Waals surface area contributed by atoms with E-state index in [-0.39, 0.29) is 0 Å². The summed E-state index contributed by atoms with van der Waals surface area (Å²) in [6.45, 7) is 0. The number of aromatic nitrogens is 5. The van der Waals surface area contributed by atoms with Gasteiger partial charge < -0.3 is 18.1 Å². The molecule has 0 saturated heterocycles. The van der Waals surface area contributed by atoms with E-state index < -0.39 is 0 Å². The topological polar surface area (TPSA) is 45.8 Å². The molecule has 31 rings (SSSR count). The summed E-state index contributed by atoms with van der Waals surface area (Å²) in [7, 11) is 0. The lowest BCUT2D eigenvalue weighted by Crippen LogP contribution is -1.96. The Morgan fingerprint density at radius 1 is 0.181 bits per heavy atom. The molecule has 144 heavy (non-hydrogen) atoms. The van der Waals surface area contributed by atoms with Crippen LogP contribution in [0.5, 0.6) is 0 Å². The summed E-state index contributed by atoms with van der Waals surface area (Å²) in [4.78, 5) is 6.30. The molecule has 7 heteroatoms. The maximum atomic E-state index is 6.61. The quantitative estimate of drug-likeness (QED) is 0.107. The highest BCUT2D eigenvalue weighted by atomic mass is 32.1. The Morgan fingerprint density at radius 2 is 0.493 bits per heavy atom. The molecule has 7 aromatic heterocycles. The van der Waals surface area contributed by atoms with Crippen LogP contribution in [0.15, 0.2) is 532 Å². The van der Waals surface area contributed by atoms with Crippen molar-refractivity contribution in [3.63, 3.8) is 0 Å². The lowest BCUT2D eigenvalue weighted by Gasteiger charge is -2.14. The number of hydrogen-bond donors (Lipinski definition) is 0. The lowest BCUT2D eigenvalue weighted by atomic mass is 9.91. The summed E-state index contributed by atoms with van der Waals surface area (Å²) < 4.78 is 16.0. The molecule has 0 unspecified atom stereocenters. The number of furan rings is 1. The molecule has 0 radical (unpaired) electrons. The predicted molar refractivity (Wildman–Crippen MR) is 613 cm³/mol. The maximum absolute atomic E-state index is 6.61. The highest BCUT2D eigenvalue weighted by molar-refractivity contribution is 7.18. The second-order valence-electron chi connectivity index (χ2n) is 37.4. The fourth-order valence-corrected chi connectivity index (χ4v) is 24.1. The maximum Gasteiger partial charge on any atom is 0.205 e. The van der Waals surface area contributed by atoms with Gasteiger partial charge in [-0.05, 0) is 240 Å². The Morgan fingerprint density at radius 3 is 0.910 bits per heavy atom. The number of nitrogens with zero attached hydrogens (tertiary/aromatic N) is 5. The van der Waals surface area contributed by atoms with Crippen LogP contribution in [0.3, 0.4) is 0 Å². The van der Waals surface area contributed by atoms with E-state index in [0.717, 1.165) is 39.6 Å². The average Bonchev–Trinajstić information content (AvgIpc) is 1.38. The molecule has 0 spiro atoms. The molecule has 24 aromatic carbocycles. The number of benzene rings is 24. The largest absolute Gasteiger partial charge is 0.440 e. The van der Waals surface area contributed by atoms with Crippen LogP contribution in [-0.4, -0.2) is 23.3 Å². The predicted octanol–water partition coefficient (Wildman–Crippen LogP) is 38.1. The molecule has 7 heterocycles. The normalized spacial score (nSPS) is 11.8. The minimum Gasteiger partial charge on any atom is -0.440 e. The second kappa shape index (κ2) is 34.7. The highest BCUT2D eigenvalue weighted by Gasteiger charge is 2.24. The Kier molecular flexibility index (Phi) is 20.1. The zero-order valence-electron chi connectivity index (χ0n) is 78.3. The molecule has 0 fully saturated rings. The summed E-state index contributed by atoms with van der Waals surface area (Å²) in [5.74, 6) is 1.71. The standard InChI is InChI=1S/C46H29N.C31H20N2.C30H19NO.C30H19NS/c1-4-14-36-35(13-1)29-45(40-18-8-7-17-39(36)40)47-43-20-10-9-19-41(43)42-28-32(25-26-44(42)47)30-21-23-31(24-22-30)46-37-15-5-2-11-33(37)27-34-12-3-6-16-38(34)46;1-3-11-24-21(9-1)19-22-10-2-4-12-25(22)31(24)28-18-17-23(20-32-28)33-29-15-7-5-13-26(29)27-14-6-8-16-30(27)33;2*1-3-11-22-20(9-1)19-21-10-2-4-12-23(21)30(22)28-17-18-29(32-28)31-26-15-7-5-13-24(26)25-14-6-8-16-27(25)31/h1-29H;1-20H;2*1-19H. The zero-order valence-corrected chi connectivity index (χ0v) is 79.1. The van der Waals surface area contributed by atoms with Crippen molar-refractivity contribution in [1.29, 1.82) is 0 Å². The van der Waals surface area contributed by atoms with E-state index in [1.54, 1.807) is 0 Å². The third-order valence-corrected chi connectivity index (χ3v) is 30.5. The van der Waals surface area contributed by atoms with E-state index in [1.165, 1.54) is 233 Å². The van der Waals surface area contributed by atoms with Gasteiger partial charge in [-0.1, -0.05) is 400 Å². The van der Waals surface area contributed by atoms with Crippen LogP contribution < -0.4 is 0 Å². The molecule has 31 aromatic rings. The molecule has 0 atom stereocenters. The van der Waals surface area contributed by atoms with E-state index in [1.807, 2.05) is 17.5 Å². The Bertz CT molecular complexity index is 9950. The van der Waals surface area contributed by atoms with Crippen molar-refractivity contribution in [3.05, 3.63) is 528 Å². The summed E-state index contributed by atoms with van der Waals surface area (Å²) in [5, 5.41) is 36.5. The third kappa shape index (κ3) is 13.9. The first-order valence-corrected chi connectivity index (χ1v) is 50.1. The van der Waals surface area contributed by atoms with Gasteiger partial charge in [0.2, 0.25) is 5.88 Å². The van der Waals surface area contributed by atoms with Crippen LogP contribution in [0.25, 0.3) is 272 Å². The van der Waals surface area contributed by atoms with Gasteiger partial charge in [-0.3, -0.25) is 9.55 Å². The summed E-state index contributed by atoms with van der Waals surface area (Å²) in [6, 6.07) is 188. The van der Waals surface area contributed by atoms with Crippen LogP contribution in [0.1, 0.15) is 0 Å². The first-order chi connectivity index (χ1) is 71.5. The van der Waals surface area contributed by atoms with Crippen LogP contribution in [0.2, 0.25) is 0 Å². The van der Waals surface area contributed by atoms with Gasteiger partial charge in [0.1, 0.15) is 10.8 Å². The van der Waals surface area contributed by atoms with E-state index in [0.29, 0.717) is 0 Å². The number of thiophene rings is 1. The van der Waals surface area contributed by atoms with E-state index >= 15 is 0 Å². The number of hydrogen-bond acceptors (Lipinski definition) is 3. The van der Waals surface area contributed by atoms with Crippen LogP contribution in [0, 0.1) is 0 Å². The van der Waals surface area contributed by atoms with Crippen molar-refractivity contribution in [2.75, 3.05) is 0 Å². The smallest absolute Gasteiger partial charge is 0.205 e. The molecule has 0 bridgehead atoms. The minimum absolute atomic E-state index is 0.828. The summed E-state index contributed by atoms with van der Waals surface area (Å²) >= 11 is 1.87. The van der Waals surface area contributed by atoms with Gasteiger partial charge in [-0.2, -0.15) is 0 Å². The van der Waals surface area contributed by atoms with Gasteiger partial charge in [-0.25, -0.2) is 0 Å². The molecule has 0 saturated carbocycles. The van der Waals surface area contributed by atoms with E-state index in [4.69, 9.17) is 9.40 Å². The summed E-state index contributed by atoms with van der Waals surface area (Å²) in [5.41, 5.74) is 21.6. The Labute approximate surface area is 833 Å². The number of para-hydroxylation sites is 7. The molecule has 0 aliphatic carbocycles. The second-order valence-corrected chi connectivity index (χ2v) is 38.4. The van der Waals surface area contributed by atoms with Crippen LogP contribution >= 0.6 is 11.3 Å². The van der Waals surface area contributed by atoms with Gasteiger partial charge in [0.15, 0.2) is 0 Å². The van der Waals surface area contributed by atoms with Gasteiger partial charge in [0.05, 0.1) is 67.4 Å². The molecule has 672 valence electrons. The van der Waals surface area contributed by atoms with Crippen molar-refractivity contribution >= 4 is 206 Å². The Balaban J connectivity index is 0.0000000948. The molecular weight excluding hydrogens is 1760 g/mol. The van der Waals surface area contributed by atoms with Crippen molar-refractivity contribution in [1.82, 2.24) is 23.3 Å². The van der Waals surface area contributed by atoms with Crippen molar-refractivity contribution in [3.8, 4) is 77.5 Å².